The molecule has 3 amide bonds. The van der Waals surface area contributed by atoms with E-state index in [1.807, 2.05) is 26.8 Å². The lowest BCUT2D eigenvalue weighted by atomic mass is 10.0. The molecule has 192 valence electrons. The van der Waals surface area contributed by atoms with Gasteiger partial charge in [0.15, 0.2) is 5.96 Å². The molecule has 0 bridgehead atoms. The molecular weight excluding hydrogens is 452 g/mol. The SMILES string of the molecule is COc1ccc([C@H](CC(=O)OC(C)(C)C)N2CCN(CCCC(=O)NC3=NCCCN3)C2=O)cn1. The quantitative estimate of drug-likeness (QED) is 0.508. The Bertz CT molecular complexity index is 927. The van der Waals surface area contributed by atoms with Crippen LogP contribution in [0.2, 0.25) is 0 Å². The fourth-order valence-electron chi connectivity index (χ4n) is 4.00. The second-order valence-corrected chi connectivity index (χ2v) is 9.57. The van der Waals surface area contributed by atoms with Gasteiger partial charge in [-0.25, -0.2) is 9.78 Å². The van der Waals surface area contributed by atoms with Crippen molar-refractivity contribution in [2.45, 2.75) is 58.1 Å². The molecule has 0 aliphatic carbocycles. The van der Waals surface area contributed by atoms with Crippen LogP contribution in [0.4, 0.5) is 4.79 Å². The van der Waals surface area contributed by atoms with E-state index in [0.29, 0.717) is 44.4 Å². The summed E-state index contributed by atoms with van der Waals surface area (Å²) in [5.74, 6) is 0.448. The van der Waals surface area contributed by atoms with Crippen molar-refractivity contribution in [1.82, 2.24) is 25.4 Å². The van der Waals surface area contributed by atoms with Crippen molar-refractivity contribution in [2.24, 2.45) is 4.99 Å². The van der Waals surface area contributed by atoms with Crippen LogP contribution < -0.4 is 15.4 Å². The third kappa shape index (κ3) is 7.83. The van der Waals surface area contributed by atoms with Crippen LogP contribution >= 0.6 is 0 Å². The third-order valence-corrected chi connectivity index (χ3v) is 5.62. The van der Waals surface area contributed by atoms with E-state index in [2.05, 4.69) is 20.6 Å². The molecule has 11 nitrogen and oxygen atoms in total. The van der Waals surface area contributed by atoms with Gasteiger partial charge in [0.1, 0.15) is 5.60 Å². The zero-order chi connectivity index (χ0) is 25.4. The Hall–Kier alpha value is -3.37. The molecular formula is C24H36N6O5. The Labute approximate surface area is 206 Å². The zero-order valence-electron chi connectivity index (χ0n) is 21.0. The first-order valence-corrected chi connectivity index (χ1v) is 12.0. The van der Waals surface area contributed by atoms with E-state index in [-0.39, 0.29) is 30.7 Å². The minimum absolute atomic E-state index is 0.0162. The summed E-state index contributed by atoms with van der Waals surface area (Å²) in [4.78, 5) is 49.9. The number of hydrogen-bond acceptors (Lipinski definition) is 8. The lowest BCUT2D eigenvalue weighted by Gasteiger charge is -2.29. The van der Waals surface area contributed by atoms with Crippen LogP contribution in [0.5, 0.6) is 5.88 Å². The van der Waals surface area contributed by atoms with E-state index in [9.17, 15) is 14.4 Å². The van der Waals surface area contributed by atoms with Crippen molar-refractivity contribution in [3.8, 4) is 5.88 Å². The van der Waals surface area contributed by atoms with Gasteiger partial charge in [0, 0.05) is 51.4 Å². The first-order valence-electron chi connectivity index (χ1n) is 12.0. The number of guanidine groups is 1. The standard InChI is InChI=1S/C24H36N6O5/c1-24(2,3)35-21(32)15-18(17-8-9-20(34-4)27-16-17)30-14-13-29(23(30)33)12-5-7-19(31)28-22-25-10-6-11-26-22/h8-9,16,18H,5-7,10-15H2,1-4H3,(H2,25,26,28,31)/t18-/m0/s1. The number of ether oxygens (including phenoxy) is 2. The van der Waals surface area contributed by atoms with Crippen LogP contribution in [0.25, 0.3) is 0 Å². The summed E-state index contributed by atoms with van der Waals surface area (Å²) >= 11 is 0. The number of carbonyl (C=O) groups excluding carboxylic acids is 3. The van der Waals surface area contributed by atoms with Crippen LogP contribution in [-0.4, -0.2) is 84.1 Å². The topological polar surface area (TPSA) is 125 Å². The largest absolute Gasteiger partial charge is 0.481 e. The highest BCUT2D eigenvalue weighted by Gasteiger charge is 2.36. The van der Waals surface area contributed by atoms with Gasteiger partial charge in [-0.05, 0) is 39.2 Å². The molecule has 1 aromatic heterocycles. The number of rotatable bonds is 9. The number of amides is 3. The summed E-state index contributed by atoms with van der Waals surface area (Å²) in [5.41, 5.74) is 0.104. The van der Waals surface area contributed by atoms with Crippen molar-refractivity contribution in [3.63, 3.8) is 0 Å². The second kappa shape index (κ2) is 11.9. The summed E-state index contributed by atoms with van der Waals surface area (Å²) < 4.78 is 10.7. The van der Waals surface area contributed by atoms with Gasteiger partial charge in [0.2, 0.25) is 11.8 Å². The van der Waals surface area contributed by atoms with Crippen molar-refractivity contribution < 1.29 is 23.9 Å². The lowest BCUT2D eigenvalue weighted by Crippen LogP contribution is -2.43. The van der Waals surface area contributed by atoms with E-state index in [1.54, 1.807) is 22.1 Å². The number of nitrogens with zero attached hydrogens (tertiary/aromatic N) is 4. The van der Waals surface area contributed by atoms with Crippen LogP contribution in [0.1, 0.15) is 58.1 Å². The van der Waals surface area contributed by atoms with Crippen molar-refractivity contribution >= 4 is 23.9 Å². The van der Waals surface area contributed by atoms with Gasteiger partial charge in [0.05, 0.1) is 19.6 Å². The van der Waals surface area contributed by atoms with Crippen LogP contribution in [0, 0.1) is 0 Å². The molecule has 1 aromatic rings. The maximum Gasteiger partial charge on any atom is 0.320 e. The molecule has 0 aromatic carbocycles. The molecule has 2 aliphatic heterocycles. The van der Waals surface area contributed by atoms with Gasteiger partial charge in [-0.3, -0.25) is 19.9 Å². The van der Waals surface area contributed by atoms with E-state index in [4.69, 9.17) is 9.47 Å². The number of aromatic nitrogens is 1. The number of urea groups is 1. The molecule has 35 heavy (non-hydrogen) atoms. The molecule has 11 heteroatoms. The van der Waals surface area contributed by atoms with E-state index >= 15 is 0 Å². The zero-order valence-corrected chi connectivity index (χ0v) is 21.0. The summed E-state index contributed by atoms with van der Waals surface area (Å²) in [6, 6.07) is 2.83. The van der Waals surface area contributed by atoms with E-state index < -0.39 is 11.6 Å². The average Bonchev–Trinajstić information content (AvgIpc) is 3.17. The Morgan fingerprint density at radius 2 is 2.06 bits per heavy atom. The molecule has 3 heterocycles. The van der Waals surface area contributed by atoms with Gasteiger partial charge < -0.3 is 24.6 Å². The van der Waals surface area contributed by atoms with Gasteiger partial charge in [-0.1, -0.05) is 6.07 Å². The van der Waals surface area contributed by atoms with E-state index in [0.717, 1.165) is 18.5 Å². The van der Waals surface area contributed by atoms with Gasteiger partial charge >= 0.3 is 12.0 Å². The van der Waals surface area contributed by atoms with Gasteiger partial charge in [-0.15, -0.1) is 0 Å². The number of esters is 1. The predicted octanol–water partition coefficient (Wildman–Crippen LogP) is 1.85. The molecule has 0 saturated carbocycles. The second-order valence-electron chi connectivity index (χ2n) is 9.57. The number of aliphatic imine (C=N–C) groups is 1. The number of methoxy groups -OCH3 is 1. The molecule has 0 radical (unpaired) electrons. The Morgan fingerprint density at radius 1 is 1.26 bits per heavy atom. The minimum Gasteiger partial charge on any atom is -0.481 e. The molecule has 0 spiro atoms. The molecule has 2 N–H and O–H groups in total. The molecule has 1 atom stereocenters. The Balaban J connectivity index is 1.60. The highest BCUT2D eigenvalue weighted by Crippen LogP contribution is 2.30. The molecule has 1 fully saturated rings. The molecule has 0 unspecified atom stereocenters. The average molecular weight is 489 g/mol. The first kappa shape index (κ1) is 26.2. The molecule has 2 aliphatic rings. The Morgan fingerprint density at radius 3 is 2.69 bits per heavy atom. The van der Waals surface area contributed by atoms with Crippen molar-refractivity contribution in [1.29, 1.82) is 0 Å². The summed E-state index contributed by atoms with van der Waals surface area (Å²) in [7, 11) is 1.53. The smallest absolute Gasteiger partial charge is 0.320 e. The van der Waals surface area contributed by atoms with Gasteiger partial charge in [-0.2, -0.15) is 0 Å². The fourth-order valence-corrected chi connectivity index (χ4v) is 4.00. The van der Waals surface area contributed by atoms with Crippen molar-refractivity contribution in [2.75, 3.05) is 39.8 Å². The van der Waals surface area contributed by atoms with Crippen LogP contribution in [0.15, 0.2) is 23.3 Å². The third-order valence-electron chi connectivity index (χ3n) is 5.62. The van der Waals surface area contributed by atoms with E-state index in [1.165, 1.54) is 7.11 Å². The minimum atomic E-state index is -0.625. The van der Waals surface area contributed by atoms with Crippen LogP contribution in [-0.2, 0) is 14.3 Å². The maximum atomic E-state index is 13.2. The fraction of sp³-hybridized carbons (Fsp3) is 0.625. The first-order chi connectivity index (χ1) is 16.7. The van der Waals surface area contributed by atoms with Crippen LogP contribution in [0.3, 0.4) is 0 Å². The number of nitrogens with one attached hydrogen (secondary N) is 2. The molecule has 1 saturated heterocycles. The predicted molar refractivity (Wildman–Crippen MR) is 130 cm³/mol. The summed E-state index contributed by atoms with van der Waals surface area (Å²) in [6.07, 6.45) is 3.40. The normalized spacial score (nSPS) is 16.9. The van der Waals surface area contributed by atoms with Gasteiger partial charge in [0.25, 0.3) is 0 Å². The monoisotopic (exact) mass is 488 g/mol. The maximum absolute atomic E-state index is 13.2. The molecule has 3 rings (SSSR count). The number of hydrogen-bond donors (Lipinski definition) is 2. The summed E-state index contributed by atoms with van der Waals surface area (Å²) in [5, 5.41) is 5.83. The lowest BCUT2D eigenvalue weighted by molar-refractivity contribution is -0.156. The Kier molecular flexibility index (Phi) is 8.89. The number of pyridine rings is 1. The highest BCUT2D eigenvalue weighted by atomic mass is 16.6. The van der Waals surface area contributed by atoms with Crippen molar-refractivity contribution in [3.05, 3.63) is 23.9 Å². The highest BCUT2D eigenvalue weighted by molar-refractivity contribution is 5.97. The summed E-state index contributed by atoms with van der Waals surface area (Å²) in [6.45, 7) is 8.36. The number of carbonyl (C=O) groups is 3.